The summed E-state index contributed by atoms with van der Waals surface area (Å²) in [6.07, 6.45) is 0.223. The number of hydrogen-bond donors (Lipinski definition) is 2. The summed E-state index contributed by atoms with van der Waals surface area (Å²) in [6.45, 7) is 3.88. The number of ether oxygens (including phenoxy) is 2. The summed E-state index contributed by atoms with van der Waals surface area (Å²) in [5.41, 5.74) is 1.54. The van der Waals surface area contributed by atoms with E-state index in [1.54, 1.807) is 27.0 Å². The third-order valence-electron chi connectivity index (χ3n) is 4.38. The highest BCUT2D eigenvalue weighted by Gasteiger charge is 2.27. The molecule has 0 aromatic heterocycles. The Morgan fingerprint density at radius 2 is 1.79 bits per heavy atom. The minimum atomic E-state index is -3.92. The van der Waals surface area contributed by atoms with Gasteiger partial charge in [-0.25, -0.2) is 8.42 Å². The molecule has 2 N–H and O–H groups in total. The second-order valence-corrected chi connectivity index (χ2v) is 8.57. The first-order chi connectivity index (χ1) is 13.8. The molecule has 2 rings (SSSR count). The summed E-state index contributed by atoms with van der Waals surface area (Å²) < 4.78 is 38.7. The molecule has 0 radical (unpaired) electrons. The van der Waals surface area contributed by atoms with E-state index in [0.717, 1.165) is 5.56 Å². The highest BCUT2D eigenvalue weighted by molar-refractivity contribution is 7.89. The van der Waals surface area contributed by atoms with Crippen molar-refractivity contribution in [3.8, 4) is 5.75 Å². The zero-order valence-electron chi connectivity index (χ0n) is 17.1. The lowest BCUT2D eigenvalue weighted by atomic mass is 10.1. The predicted molar refractivity (Wildman–Crippen MR) is 111 cm³/mol. The first-order valence-corrected chi connectivity index (χ1v) is 10.8. The molecule has 2 aromatic rings. The first kappa shape index (κ1) is 22.9. The highest BCUT2D eigenvalue weighted by atomic mass is 32.2. The Balaban J connectivity index is 2.27. The lowest BCUT2D eigenvalue weighted by Gasteiger charge is -2.21. The normalized spacial score (nSPS) is 13.5. The van der Waals surface area contributed by atoms with Gasteiger partial charge in [-0.3, -0.25) is 4.79 Å². The van der Waals surface area contributed by atoms with Crippen molar-refractivity contribution in [2.45, 2.75) is 37.2 Å². The van der Waals surface area contributed by atoms with Crippen molar-refractivity contribution in [2.24, 2.45) is 0 Å². The van der Waals surface area contributed by atoms with Gasteiger partial charge in [-0.1, -0.05) is 30.3 Å². The van der Waals surface area contributed by atoms with Crippen LogP contribution >= 0.6 is 0 Å². The van der Waals surface area contributed by atoms with Crippen molar-refractivity contribution in [3.63, 3.8) is 0 Å². The molecule has 2 atom stereocenters. The fourth-order valence-corrected chi connectivity index (χ4v) is 4.23. The van der Waals surface area contributed by atoms with Crippen molar-refractivity contribution in [1.82, 2.24) is 10.0 Å². The summed E-state index contributed by atoms with van der Waals surface area (Å²) in [6, 6.07) is 12.6. The Morgan fingerprint density at radius 1 is 1.10 bits per heavy atom. The third kappa shape index (κ3) is 6.56. The molecule has 2 aromatic carbocycles. The van der Waals surface area contributed by atoms with Crippen molar-refractivity contribution in [3.05, 3.63) is 59.7 Å². The van der Waals surface area contributed by atoms with Crippen LogP contribution in [0.1, 0.15) is 18.1 Å². The van der Waals surface area contributed by atoms with E-state index in [0.29, 0.717) is 17.9 Å². The van der Waals surface area contributed by atoms with E-state index < -0.39 is 22.0 Å². The Bertz CT molecular complexity index is 916. The number of amides is 1. The van der Waals surface area contributed by atoms with Crippen molar-refractivity contribution < 1.29 is 22.7 Å². The van der Waals surface area contributed by atoms with Crippen molar-refractivity contribution >= 4 is 15.9 Å². The van der Waals surface area contributed by atoms with Crippen LogP contribution in [0.25, 0.3) is 0 Å². The van der Waals surface area contributed by atoms with Gasteiger partial charge in [0.25, 0.3) is 0 Å². The van der Waals surface area contributed by atoms with Crippen LogP contribution < -0.4 is 14.8 Å². The summed E-state index contributed by atoms with van der Waals surface area (Å²) in [5.74, 6) is 0.183. The Kier molecular flexibility index (Phi) is 8.19. The second-order valence-electron chi connectivity index (χ2n) is 6.86. The molecule has 29 heavy (non-hydrogen) atoms. The van der Waals surface area contributed by atoms with E-state index in [4.69, 9.17) is 9.47 Å². The molecular weight excluding hydrogens is 392 g/mol. The smallest absolute Gasteiger partial charge is 0.241 e. The molecule has 0 bridgehead atoms. The maximum atomic E-state index is 12.9. The molecule has 0 aliphatic heterocycles. The molecule has 7 nitrogen and oxygen atoms in total. The number of hydrogen-bond acceptors (Lipinski definition) is 5. The van der Waals surface area contributed by atoms with Crippen LogP contribution in [-0.4, -0.2) is 47.2 Å². The molecular formula is C21H28N2O5S. The standard InChI is InChI=1S/C21H28N2O5S/c1-15-12-18(10-11-20(15)28-4)29(25,26)23-19(13-17-8-6-5-7-9-17)21(24)22-16(2)14-27-3/h5-12,16,19,23H,13-14H2,1-4H3,(H,22,24). The highest BCUT2D eigenvalue weighted by Crippen LogP contribution is 2.21. The van der Waals surface area contributed by atoms with Crippen LogP contribution in [0.3, 0.4) is 0 Å². The predicted octanol–water partition coefficient (Wildman–Crippen LogP) is 2.04. The van der Waals surface area contributed by atoms with E-state index in [9.17, 15) is 13.2 Å². The SMILES string of the molecule is COCC(C)NC(=O)C(Cc1ccccc1)NS(=O)(=O)c1ccc(OC)c(C)c1. The number of aryl methyl sites for hydroxylation is 1. The monoisotopic (exact) mass is 420 g/mol. The molecule has 8 heteroatoms. The number of carbonyl (C=O) groups excluding carboxylic acids is 1. The lowest BCUT2D eigenvalue weighted by Crippen LogP contribution is -2.50. The molecule has 0 fully saturated rings. The van der Waals surface area contributed by atoms with Gasteiger partial charge in [-0.2, -0.15) is 4.72 Å². The van der Waals surface area contributed by atoms with Gasteiger partial charge in [0.1, 0.15) is 11.8 Å². The average molecular weight is 421 g/mol. The van der Waals surface area contributed by atoms with Crippen LogP contribution in [0.5, 0.6) is 5.75 Å². The molecule has 0 spiro atoms. The molecule has 0 aliphatic carbocycles. The summed E-state index contributed by atoms with van der Waals surface area (Å²) >= 11 is 0. The van der Waals surface area contributed by atoms with Crippen molar-refractivity contribution in [2.75, 3.05) is 20.8 Å². The van der Waals surface area contributed by atoms with Crippen LogP contribution in [-0.2, 0) is 26.0 Å². The molecule has 0 heterocycles. The van der Waals surface area contributed by atoms with Gasteiger partial charge in [0, 0.05) is 13.2 Å². The van der Waals surface area contributed by atoms with Gasteiger partial charge in [-0.15, -0.1) is 0 Å². The summed E-state index contributed by atoms with van der Waals surface area (Å²) in [5, 5.41) is 2.79. The number of methoxy groups -OCH3 is 2. The maximum absolute atomic E-state index is 12.9. The Labute approximate surface area is 172 Å². The van der Waals surface area contributed by atoms with Crippen LogP contribution in [0.15, 0.2) is 53.4 Å². The van der Waals surface area contributed by atoms with Gasteiger partial charge in [-0.05, 0) is 49.6 Å². The van der Waals surface area contributed by atoms with Crippen LogP contribution in [0.2, 0.25) is 0 Å². The minimum Gasteiger partial charge on any atom is -0.496 e. The van der Waals surface area contributed by atoms with E-state index in [-0.39, 0.29) is 17.4 Å². The van der Waals surface area contributed by atoms with Gasteiger partial charge < -0.3 is 14.8 Å². The van der Waals surface area contributed by atoms with Gasteiger partial charge >= 0.3 is 0 Å². The molecule has 0 saturated heterocycles. The van der Waals surface area contributed by atoms with Crippen LogP contribution in [0, 0.1) is 6.92 Å². The van der Waals surface area contributed by atoms with Gasteiger partial charge in [0.15, 0.2) is 0 Å². The molecule has 0 saturated carbocycles. The van der Waals surface area contributed by atoms with Crippen molar-refractivity contribution in [1.29, 1.82) is 0 Å². The van der Waals surface area contributed by atoms with E-state index in [2.05, 4.69) is 10.0 Å². The molecule has 158 valence electrons. The fraction of sp³-hybridized carbons (Fsp3) is 0.381. The number of benzene rings is 2. The topological polar surface area (TPSA) is 93.7 Å². The second kappa shape index (κ2) is 10.4. The van der Waals surface area contributed by atoms with Gasteiger partial charge in [0.2, 0.25) is 15.9 Å². The number of sulfonamides is 1. The zero-order chi connectivity index (χ0) is 21.4. The zero-order valence-corrected chi connectivity index (χ0v) is 18.0. The molecule has 0 aliphatic rings. The van der Waals surface area contributed by atoms with Gasteiger partial charge in [0.05, 0.1) is 18.6 Å². The quantitative estimate of drug-likeness (QED) is 0.614. The fourth-order valence-electron chi connectivity index (χ4n) is 2.95. The van der Waals surface area contributed by atoms with Crippen LogP contribution in [0.4, 0.5) is 0 Å². The molecule has 1 amide bonds. The molecule has 2 unspecified atom stereocenters. The van der Waals surface area contributed by atoms with E-state index in [1.165, 1.54) is 19.2 Å². The number of rotatable bonds is 10. The summed E-state index contributed by atoms with van der Waals surface area (Å²) in [7, 11) is -0.853. The largest absolute Gasteiger partial charge is 0.496 e. The van der Waals surface area contributed by atoms with E-state index in [1.807, 2.05) is 30.3 Å². The summed E-state index contributed by atoms with van der Waals surface area (Å²) in [4.78, 5) is 12.9. The van der Waals surface area contributed by atoms with E-state index >= 15 is 0 Å². The average Bonchev–Trinajstić information content (AvgIpc) is 2.68. The first-order valence-electron chi connectivity index (χ1n) is 9.27. The maximum Gasteiger partial charge on any atom is 0.241 e. The number of carbonyl (C=O) groups is 1. The third-order valence-corrected chi connectivity index (χ3v) is 5.85. The number of nitrogens with one attached hydrogen (secondary N) is 2. The minimum absolute atomic E-state index is 0.0756. The Morgan fingerprint density at radius 3 is 2.38 bits per heavy atom. The Hall–Kier alpha value is -2.42. The lowest BCUT2D eigenvalue weighted by molar-refractivity contribution is -0.123.